The number of aromatic nitrogens is 2. The molecular formula is C11H10ClFN4O. The summed E-state index contributed by atoms with van der Waals surface area (Å²) in [6.45, 7) is 0. The molecule has 7 heteroatoms. The van der Waals surface area contributed by atoms with Gasteiger partial charge in [-0.1, -0.05) is 11.6 Å². The Morgan fingerprint density at radius 1 is 1.39 bits per heavy atom. The van der Waals surface area contributed by atoms with Gasteiger partial charge in [-0.3, -0.25) is 0 Å². The van der Waals surface area contributed by atoms with Crippen molar-refractivity contribution in [2.75, 3.05) is 18.2 Å². The summed E-state index contributed by atoms with van der Waals surface area (Å²) < 4.78 is 18.6. The molecule has 0 spiro atoms. The minimum absolute atomic E-state index is 0.107. The van der Waals surface area contributed by atoms with Gasteiger partial charge in [-0.15, -0.1) is 0 Å². The summed E-state index contributed by atoms with van der Waals surface area (Å²) in [7, 11) is 1.49. The van der Waals surface area contributed by atoms with Crippen molar-refractivity contribution in [2.24, 2.45) is 0 Å². The molecule has 0 aliphatic rings. The Kier molecular flexibility index (Phi) is 3.47. The van der Waals surface area contributed by atoms with E-state index in [0.29, 0.717) is 5.75 Å². The second kappa shape index (κ2) is 5.05. The van der Waals surface area contributed by atoms with Crippen molar-refractivity contribution in [3.05, 3.63) is 35.5 Å². The van der Waals surface area contributed by atoms with Gasteiger partial charge in [0.05, 0.1) is 12.8 Å². The van der Waals surface area contributed by atoms with Crippen LogP contribution in [0.1, 0.15) is 0 Å². The molecule has 0 amide bonds. The Morgan fingerprint density at radius 2 is 2.17 bits per heavy atom. The Balaban J connectivity index is 2.36. The van der Waals surface area contributed by atoms with Crippen LogP contribution in [0.4, 0.5) is 21.6 Å². The number of hydrogen-bond donors (Lipinski definition) is 2. The number of anilines is 3. The van der Waals surface area contributed by atoms with E-state index < -0.39 is 5.82 Å². The predicted octanol–water partition coefficient (Wildman–Crippen LogP) is 2.60. The van der Waals surface area contributed by atoms with Crippen molar-refractivity contribution in [3.63, 3.8) is 0 Å². The quantitative estimate of drug-likeness (QED) is 0.837. The average Bonchev–Trinajstić information content (AvgIpc) is 2.37. The number of nitrogens with two attached hydrogens (primary N) is 1. The highest BCUT2D eigenvalue weighted by atomic mass is 35.5. The monoisotopic (exact) mass is 268 g/mol. The number of nitrogens with one attached hydrogen (secondary N) is 1. The van der Waals surface area contributed by atoms with Crippen LogP contribution in [0.25, 0.3) is 0 Å². The summed E-state index contributed by atoms with van der Waals surface area (Å²) in [4.78, 5) is 7.60. The lowest BCUT2D eigenvalue weighted by Crippen LogP contribution is -2.02. The average molecular weight is 269 g/mol. The molecule has 0 atom stereocenters. The Labute approximate surface area is 108 Å². The van der Waals surface area contributed by atoms with E-state index in [9.17, 15) is 4.39 Å². The van der Waals surface area contributed by atoms with Gasteiger partial charge in [0.1, 0.15) is 23.6 Å². The molecule has 2 aromatic rings. The maximum absolute atomic E-state index is 13.6. The van der Waals surface area contributed by atoms with Crippen LogP contribution >= 0.6 is 11.6 Å². The van der Waals surface area contributed by atoms with E-state index in [1.807, 2.05) is 0 Å². The molecule has 5 nitrogen and oxygen atoms in total. The van der Waals surface area contributed by atoms with Gasteiger partial charge in [-0.2, -0.15) is 0 Å². The van der Waals surface area contributed by atoms with Crippen molar-refractivity contribution in [1.82, 2.24) is 9.97 Å². The molecule has 0 radical (unpaired) electrons. The van der Waals surface area contributed by atoms with Gasteiger partial charge in [-0.05, 0) is 12.1 Å². The van der Waals surface area contributed by atoms with Crippen molar-refractivity contribution in [2.45, 2.75) is 0 Å². The minimum atomic E-state index is -0.454. The lowest BCUT2D eigenvalue weighted by Gasteiger charge is -2.10. The maximum atomic E-state index is 13.6. The van der Waals surface area contributed by atoms with E-state index in [0.717, 1.165) is 0 Å². The lowest BCUT2D eigenvalue weighted by atomic mass is 10.3. The Morgan fingerprint density at radius 3 is 2.89 bits per heavy atom. The number of methoxy groups -OCH3 is 1. The molecule has 0 saturated carbocycles. The molecule has 0 aliphatic heterocycles. The zero-order chi connectivity index (χ0) is 13.1. The number of benzene rings is 1. The topological polar surface area (TPSA) is 73.1 Å². The molecule has 0 unspecified atom stereocenters. The van der Waals surface area contributed by atoms with E-state index in [-0.39, 0.29) is 22.3 Å². The van der Waals surface area contributed by atoms with Crippen molar-refractivity contribution in [3.8, 4) is 5.75 Å². The molecule has 0 fully saturated rings. The van der Waals surface area contributed by atoms with Crippen LogP contribution in [0.2, 0.25) is 5.15 Å². The van der Waals surface area contributed by atoms with Crippen LogP contribution in [0.3, 0.4) is 0 Å². The van der Waals surface area contributed by atoms with Crippen LogP contribution in [0.5, 0.6) is 5.75 Å². The normalized spacial score (nSPS) is 10.2. The number of rotatable bonds is 3. The lowest BCUT2D eigenvalue weighted by molar-refractivity contribution is 0.414. The molecule has 0 saturated heterocycles. The standard InChI is InChI=1S/C11H10ClFN4O/c1-18-6-2-3-7(13)8(4-6)17-11-9(14)10(12)15-5-16-11/h2-5H,14H2,1H3,(H,15,16,17). The van der Waals surface area contributed by atoms with Gasteiger partial charge < -0.3 is 15.8 Å². The summed E-state index contributed by atoms with van der Waals surface area (Å²) in [5.74, 6) is 0.296. The number of ether oxygens (including phenoxy) is 1. The van der Waals surface area contributed by atoms with Gasteiger partial charge >= 0.3 is 0 Å². The van der Waals surface area contributed by atoms with Crippen LogP contribution in [-0.4, -0.2) is 17.1 Å². The van der Waals surface area contributed by atoms with Gasteiger partial charge in [0.15, 0.2) is 11.0 Å². The van der Waals surface area contributed by atoms with E-state index in [1.165, 1.54) is 31.6 Å². The zero-order valence-electron chi connectivity index (χ0n) is 9.45. The van der Waals surface area contributed by atoms with Gasteiger partial charge in [-0.25, -0.2) is 14.4 Å². The van der Waals surface area contributed by atoms with Gasteiger partial charge in [0.2, 0.25) is 0 Å². The van der Waals surface area contributed by atoms with E-state index >= 15 is 0 Å². The second-order valence-electron chi connectivity index (χ2n) is 3.40. The largest absolute Gasteiger partial charge is 0.497 e. The van der Waals surface area contributed by atoms with Crippen LogP contribution in [0, 0.1) is 5.82 Å². The van der Waals surface area contributed by atoms with Crippen molar-refractivity contribution in [1.29, 1.82) is 0 Å². The van der Waals surface area contributed by atoms with E-state index in [4.69, 9.17) is 22.1 Å². The fourth-order valence-corrected chi connectivity index (χ4v) is 1.46. The van der Waals surface area contributed by atoms with Crippen LogP contribution in [-0.2, 0) is 0 Å². The number of halogens is 2. The SMILES string of the molecule is COc1ccc(F)c(Nc2ncnc(Cl)c2N)c1. The van der Waals surface area contributed by atoms with E-state index in [2.05, 4.69) is 15.3 Å². The molecule has 1 aromatic carbocycles. The zero-order valence-corrected chi connectivity index (χ0v) is 10.2. The first-order chi connectivity index (χ1) is 8.61. The third-order valence-electron chi connectivity index (χ3n) is 2.26. The summed E-state index contributed by atoms with van der Waals surface area (Å²) in [6, 6.07) is 4.28. The van der Waals surface area contributed by atoms with Crippen LogP contribution in [0.15, 0.2) is 24.5 Å². The molecule has 1 aromatic heterocycles. The first-order valence-electron chi connectivity index (χ1n) is 4.98. The molecule has 3 N–H and O–H groups in total. The second-order valence-corrected chi connectivity index (χ2v) is 3.76. The summed E-state index contributed by atoms with van der Waals surface area (Å²) >= 11 is 5.74. The van der Waals surface area contributed by atoms with Gasteiger partial charge in [0, 0.05) is 6.07 Å². The van der Waals surface area contributed by atoms with E-state index in [1.54, 1.807) is 0 Å². The highest BCUT2D eigenvalue weighted by Gasteiger charge is 2.09. The number of nitrogen functional groups attached to an aromatic ring is 1. The molecule has 1 heterocycles. The van der Waals surface area contributed by atoms with Crippen molar-refractivity contribution < 1.29 is 9.13 Å². The first-order valence-corrected chi connectivity index (χ1v) is 5.36. The fraction of sp³-hybridized carbons (Fsp3) is 0.0909. The first kappa shape index (κ1) is 12.4. The maximum Gasteiger partial charge on any atom is 0.158 e. The summed E-state index contributed by atoms with van der Waals surface area (Å²) in [6.07, 6.45) is 1.24. The predicted molar refractivity (Wildman–Crippen MR) is 67.7 cm³/mol. The Bertz CT molecular complexity index is 579. The smallest absolute Gasteiger partial charge is 0.158 e. The Hall–Kier alpha value is -2.08. The third kappa shape index (κ3) is 2.43. The van der Waals surface area contributed by atoms with Crippen LogP contribution < -0.4 is 15.8 Å². The molecule has 0 bridgehead atoms. The highest BCUT2D eigenvalue weighted by molar-refractivity contribution is 6.32. The van der Waals surface area contributed by atoms with Crippen molar-refractivity contribution >= 4 is 28.8 Å². The minimum Gasteiger partial charge on any atom is -0.497 e. The summed E-state index contributed by atoms with van der Waals surface area (Å²) in [5, 5.41) is 2.85. The molecule has 18 heavy (non-hydrogen) atoms. The van der Waals surface area contributed by atoms with Gasteiger partial charge in [0.25, 0.3) is 0 Å². The fourth-order valence-electron chi connectivity index (χ4n) is 1.33. The summed E-state index contributed by atoms with van der Waals surface area (Å²) in [5.41, 5.74) is 6.02. The molecule has 2 rings (SSSR count). The molecular weight excluding hydrogens is 259 g/mol. The molecule has 0 aliphatic carbocycles. The molecule has 94 valence electrons. The highest BCUT2D eigenvalue weighted by Crippen LogP contribution is 2.28. The number of nitrogens with zero attached hydrogens (tertiary/aromatic N) is 2. The number of hydrogen-bond acceptors (Lipinski definition) is 5. The third-order valence-corrected chi connectivity index (χ3v) is 2.56.